The molecule has 5 aliphatic carbocycles. The third kappa shape index (κ3) is 1.93. The molecule has 5 saturated carbocycles. The van der Waals surface area contributed by atoms with Crippen LogP contribution in [-0.2, 0) is 4.79 Å². The molecule has 3 N–H and O–H groups in total. The van der Waals surface area contributed by atoms with Gasteiger partial charge < -0.3 is 11.1 Å². The van der Waals surface area contributed by atoms with Gasteiger partial charge in [0.25, 0.3) is 0 Å². The Kier molecular flexibility index (Phi) is 2.70. The summed E-state index contributed by atoms with van der Waals surface area (Å²) in [5.41, 5.74) is 5.75. The summed E-state index contributed by atoms with van der Waals surface area (Å²) in [7, 11) is 0. The minimum atomic E-state index is -0.547. The third-order valence-corrected chi connectivity index (χ3v) is 6.47. The van der Waals surface area contributed by atoms with E-state index in [1.165, 1.54) is 32.1 Å². The maximum atomic E-state index is 12.5. The molecule has 1 amide bonds. The molecule has 4 bridgehead atoms. The monoisotopic (exact) mass is 262 g/mol. The van der Waals surface area contributed by atoms with Crippen LogP contribution in [0.25, 0.3) is 0 Å². The van der Waals surface area contributed by atoms with Gasteiger partial charge in [0.05, 0.1) is 5.54 Å². The first-order valence-electron chi connectivity index (χ1n) is 8.24. The van der Waals surface area contributed by atoms with E-state index in [-0.39, 0.29) is 5.91 Å². The van der Waals surface area contributed by atoms with Crippen molar-refractivity contribution in [3.8, 4) is 0 Å². The van der Waals surface area contributed by atoms with E-state index in [4.69, 9.17) is 5.73 Å². The Morgan fingerprint density at radius 1 is 0.947 bits per heavy atom. The largest absolute Gasteiger partial charge is 0.351 e. The number of rotatable bonds is 2. The normalized spacial score (nSPS) is 46.5. The lowest BCUT2D eigenvalue weighted by Crippen LogP contribution is -2.61. The smallest absolute Gasteiger partial charge is 0.240 e. The number of nitrogens with two attached hydrogens (primary N) is 1. The van der Waals surface area contributed by atoms with E-state index in [1.54, 1.807) is 0 Å². The minimum absolute atomic E-state index is 0.155. The summed E-state index contributed by atoms with van der Waals surface area (Å²) in [5, 5.41) is 3.38. The van der Waals surface area contributed by atoms with Crippen LogP contribution in [0.15, 0.2) is 0 Å². The van der Waals surface area contributed by atoms with Crippen LogP contribution in [0.3, 0.4) is 0 Å². The van der Waals surface area contributed by atoms with Gasteiger partial charge in [-0.1, -0.05) is 12.8 Å². The summed E-state index contributed by atoms with van der Waals surface area (Å²) in [6.07, 6.45) is 10.9. The lowest BCUT2D eigenvalue weighted by Gasteiger charge is -2.54. The van der Waals surface area contributed by atoms with Crippen LogP contribution in [-0.4, -0.2) is 17.5 Å². The van der Waals surface area contributed by atoms with E-state index >= 15 is 0 Å². The van der Waals surface area contributed by atoms with E-state index in [0.717, 1.165) is 49.4 Å². The molecule has 5 aliphatic rings. The number of carbonyl (C=O) groups excluding carboxylic acids is 1. The maximum Gasteiger partial charge on any atom is 0.240 e. The fraction of sp³-hybridized carbons (Fsp3) is 0.938. The molecule has 0 aromatic heterocycles. The summed E-state index contributed by atoms with van der Waals surface area (Å²) in [5.74, 6) is 3.60. The first-order valence-corrected chi connectivity index (χ1v) is 8.24. The van der Waals surface area contributed by atoms with E-state index in [9.17, 15) is 4.79 Å². The Morgan fingerprint density at radius 3 is 2.00 bits per heavy atom. The molecule has 0 aliphatic heterocycles. The van der Waals surface area contributed by atoms with Crippen molar-refractivity contribution in [2.24, 2.45) is 29.4 Å². The summed E-state index contributed by atoms with van der Waals surface area (Å²) >= 11 is 0. The fourth-order valence-corrected chi connectivity index (χ4v) is 5.69. The predicted octanol–water partition coefficient (Wildman–Crippen LogP) is 2.20. The van der Waals surface area contributed by atoms with Crippen molar-refractivity contribution in [2.45, 2.75) is 69.4 Å². The van der Waals surface area contributed by atoms with Gasteiger partial charge in [0.2, 0.25) is 5.91 Å². The molecule has 0 atom stereocenters. The molecule has 0 saturated heterocycles. The van der Waals surface area contributed by atoms with Gasteiger partial charge in [-0.25, -0.2) is 0 Å². The van der Waals surface area contributed by atoms with Crippen LogP contribution in [0.5, 0.6) is 0 Å². The molecule has 0 aromatic rings. The number of hydrogen-bond acceptors (Lipinski definition) is 2. The van der Waals surface area contributed by atoms with Crippen molar-refractivity contribution in [3.63, 3.8) is 0 Å². The zero-order valence-electron chi connectivity index (χ0n) is 11.7. The van der Waals surface area contributed by atoms with E-state index in [0.29, 0.717) is 6.04 Å². The second kappa shape index (κ2) is 4.21. The van der Waals surface area contributed by atoms with Gasteiger partial charge in [0.15, 0.2) is 0 Å². The molecule has 0 spiro atoms. The molecule has 0 aromatic carbocycles. The molecule has 3 nitrogen and oxygen atoms in total. The van der Waals surface area contributed by atoms with Gasteiger partial charge in [0.1, 0.15) is 0 Å². The number of amides is 1. The molecule has 0 unspecified atom stereocenters. The van der Waals surface area contributed by atoms with Crippen molar-refractivity contribution in [1.82, 2.24) is 5.32 Å². The number of hydrogen-bond donors (Lipinski definition) is 2. The van der Waals surface area contributed by atoms with E-state index < -0.39 is 5.54 Å². The summed E-state index contributed by atoms with van der Waals surface area (Å²) in [4.78, 5) is 12.5. The topological polar surface area (TPSA) is 55.1 Å². The van der Waals surface area contributed by atoms with Gasteiger partial charge in [-0.2, -0.15) is 0 Å². The molecular weight excluding hydrogens is 236 g/mol. The summed E-state index contributed by atoms with van der Waals surface area (Å²) in [6.45, 7) is 0. The van der Waals surface area contributed by atoms with Crippen molar-refractivity contribution in [1.29, 1.82) is 0 Å². The van der Waals surface area contributed by atoms with Crippen LogP contribution in [0.1, 0.15) is 57.8 Å². The van der Waals surface area contributed by atoms with E-state index in [2.05, 4.69) is 5.32 Å². The lowest BCUT2D eigenvalue weighted by atomic mass is 9.54. The Labute approximate surface area is 115 Å². The average molecular weight is 262 g/mol. The molecule has 0 heterocycles. The van der Waals surface area contributed by atoms with Crippen molar-refractivity contribution in [3.05, 3.63) is 0 Å². The van der Waals surface area contributed by atoms with Crippen LogP contribution < -0.4 is 11.1 Å². The van der Waals surface area contributed by atoms with Crippen molar-refractivity contribution < 1.29 is 4.79 Å². The Hall–Kier alpha value is -0.570. The highest BCUT2D eigenvalue weighted by Crippen LogP contribution is 2.53. The molecular formula is C16H26N2O. The second-order valence-electron chi connectivity index (χ2n) is 7.79. The Morgan fingerprint density at radius 2 is 1.47 bits per heavy atom. The molecule has 5 rings (SSSR count). The maximum absolute atomic E-state index is 12.5. The predicted molar refractivity (Wildman–Crippen MR) is 74.4 cm³/mol. The third-order valence-electron chi connectivity index (χ3n) is 6.47. The number of nitrogens with one attached hydrogen (secondary N) is 1. The average Bonchev–Trinajstić information content (AvgIpc) is 2.81. The van der Waals surface area contributed by atoms with Crippen molar-refractivity contribution >= 4 is 5.91 Å². The lowest BCUT2D eigenvalue weighted by molar-refractivity contribution is -0.130. The van der Waals surface area contributed by atoms with Gasteiger partial charge in [0, 0.05) is 6.04 Å². The summed E-state index contributed by atoms with van der Waals surface area (Å²) in [6, 6.07) is 0.446. The Bertz CT molecular complexity index is 358. The van der Waals surface area contributed by atoms with Crippen LogP contribution in [0, 0.1) is 23.7 Å². The molecule has 5 fully saturated rings. The highest BCUT2D eigenvalue weighted by atomic mass is 16.2. The van der Waals surface area contributed by atoms with Crippen molar-refractivity contribution in [2.75, 3.05) is 0 Å². The Balaban J connectivity index is 1.47. The first-order chi connectivity index (χ1) is 9.14. The highest BCUT2D eigenvalue weighted by Gasteiger charge is 2.50. The minimum Gasteiger partial charge on any atom is -0.351 e. The van der Waals surface area contributed by atoms with Crippen LogP contribution in [0.4, 0.5) is 0 Å². The zero-order chi connectivity index (χ0) is 13.0. The highest BCUT2D eigenvalue weighted by molar-refractivity contribution is 5.86. The molecule has 0 radical (unpaired) electrons. The second-order valence-corrected chi connectivity index (χ2v) is 7.79. The molecule has 106 valence electrons. The molecule has 3 heteroatoms. The fourth-order valence-electron chi connectivity index (χ4n) is 5.69. The summed E-state index contributed by atoms with van der Waals surface area (Å²) < 4.78 is 0. The van der Waals surface area contributed by atoms with Gasteiger partial charge in [-0.15, -0.1) is 0 Å². The SMILES string of the molecule is NC1(C(=O)NC2C3CC4CC(C3)CC2C4)CCCC1. The first kappa shape index (κ1) is 12.2. The van der Waals surface area contributed by atoms with Gasteiger partial charge in [-0.3, -0.25) is 4.79 Å². The number of carbonyl (C=O) groups is 1. The van der Waals surface area contributed by atoms with Crippen LogP contribution in [0.2, 0.25) is 0 Å². The standard InChI is InChI=1S/C16H26N2O/c17-16(3-1-2-4-16)15(19)18-14-12-6-10-5-11(8-12)9-13(14)7-10/h10-14H,1-9,17H2,(H,18,19). The van der Waals surface area contributed by atoms with Gasteiger partial charge in [-0.05, 0) is 68.6 Å². The zero-order valence-corrected chi connectivity index (χ0v) is 11.7. The molecule has 19 heavy (non-hydrogen) atoms. The van der Waals surface area contributed by atoms with Crippen LogP contribution >= 0.6 is 0 Å². The van der Waals surface area contributed by atoms with E-state index in [1.807, 2.05) is 0 Å². The van der Waals surface area contributed by atoms with Gasteiger partial charge >= 0.3 is 0 Å². The quantitative estimate of drug-likeness (QED) is 0.801.